The van der Waals surface area contributed by atoms with E-state index in [9.17, 15) is 0 Å². The molecule has 0 fully saturated rings. The number of hydrogen-bond acceptors (Lipinski definition) is 1. The molecule has 0 heterocycles. The molecule has 1 N–H and O–H groups in total. The van der Waals surface area contributed by atoms with E-state index in [1.165, 1.54) is 28.4 Å². The Morgan fingerprint density at radius 3 is 2.56 bits per heavy atom. The molecule has 0 aliphatic carbocycles. The first kappa shape index (κ1) is 14.0. The molecule has 0 bridgehead atoms. The van der Waals surface area contributed by atoms with Crippen molar-refractivity contribution in [3.05, 3.63) is 33.4 Å². The van der Waals surface area contributed by atoms with Gasteiger partial charge in [-0.05, 0) is 59.7 Å². The molecule has 0 aliphatic rings. The second-order valence-electron chi connectivity index (χ2n) is 4.72. The Balaban J connectivity index is 2.53. The van der Waals surface area contributed by atoms with Crippen LogP contribution in [0.25, 0.3) is 0 Å². The summed E-state index contributed by atoms with van der Waals surface area (Å²) in [6, 6.07) is 9.29. The number of nitrogens with one attached hydrogen (secondary N) is 1. The normalized spacial score (nSPS) is 13.1. The van der Waals surface area contributed by atoms with E-state index in [2.05, 4.69) is 73.1 Å². The van der Waals surface area contributed by atoms with E-state index in [4.69, 9.17) is 0 Å². The van der Waals surface area contributed by atoms with Crippen LogP contribution in [0.2, 0.25) is 0 Å². The highest BCUT2D eigenvalue weighted by atomic mass is 127. The highest BCUT2D eigenvalue weighted by Gasteiger charge is 2.09. The summed E-state index contributed by atoms with van der Waals surface area (Å²) in [7, 11) is 2.06. The third kappa shape index (κ3) is 4.83. The van der Waals surface area contributed by atoms with E-state index in [1.807, 2.05) is 0 Å². The maximum atomic E-state index is 3.42. The van der Waals surface area contributed by atoms with Crippen molar-refractivity contribution in [1.29, 1.82) is 0 Å². The van der Waals surface area contributed by atoms with Crippen LogP contribution in [0.15, 0.2) is 24.3 Å². The summed E-state index contributed by atoms with van der Waals surface area (Å²) >= 11 is 2.38. The van der Waals surface area contributed by atoms with Gasteiger partial charge >= 0.3 is 0 Å². The monoisotopic (exact) mass is 331 g/mol. The van der Waals surface area contributed by atoms with Gasteiger partial charge in [0, 0.05) is 9.61 Å². The zero-order chi connectivity index (χ0) is 12.0. The van der Waals surface area contributed by atoms with Crippen LogP contribution < -0.4 is 5.32 Å². The lowest BCUT2D eigenvalue weighted by molar-refractivity contribution is 0.470. The van der Waals surface area contributed by atoms with Crippen LogP contribution in [0.4, 0.5) is 0 Å². The topological polar surface area (TPSA) is 12.0 Å². The van der Waals surface area contributed by atoms with Gasteiger partial charge in [-0.2, -0.15) is 0 Å². The van der Waals surface area contributed by atoms with Gasteiger partial charge in [0.05, 0.1) is 0 Å². The van der Waals surface area contributed by atoms with Crippen LogP contribution in [0.5, 0.6) is 0 Å². The Hall–Kier alpha value is -0.0900. The molecular formula is C14H22IN. The number of halogens is 1. The van der Waals surface area contributed by atoms with Gasteiger partial charge in [0.2, 0.25) is 0 Å². The van der Waals surface area contributed by atoms with Crippen LogP contribution in [-0.2, 0) is 0 Å². The van der Waals surface area contributed by atoms with Crippen molar-refractivity contribution in [2.24, 2.45) is 5.92 Å². The van der Waals surface area contributed by atoms with E-state index < -0.39 is 0 Å². The molecule has 1 atom stereocenters. The van der Waals surface area contributed by atoms with Gasteiger partial charge in [-0.15, -0.1) is 0 Å². The summed E-state index contributed by atoms with van der Waals surface area (Å²) in [4.78, 5) is 0. The Kier molecular flexibility index (Phi) is 6.36. The number of rotatable bonds is 6. The van der Waals surface area contributed by atoms with Crippen molar-refractivity contribution < 1.29 is 0 Å². The molecule has 1 aromatic rings. The molecule has 16 heavy (non-hydrogen) atoms. The minimum Gasteiger partial charge on any atom is -0.313 e. The third-order valence-electron chi connectivity index (χ3n) is 2.87. The standard InChI is InChI=1S/C14H22IN/c1-11(2)6-4-9-14(16-3)12-7-5-8-13(15)10-12/h5,7-8,10-11,14,16H,4,6,9H2,1-3H3. The fourth-order valence-electron chi connectivity index (χ4n) is 1.93. The highest BCUT2D eigenvalue weighted by Crippen LogP contribution is 2.21. The second kappa shape index (κ2) is 7.28. The SMILES string of the molecule is CNC(CCCC(C)C)c1cccc(I)c1. The summed E-state index contributed by atoms with van der Waals surface area (Å²) < 4.78 is 1.32. The first-order chi connectivity index (χ1) is 7.63. The first-order valence-electron chi connectivity index (χ1n) is 6.06. The van der Waals surface area contributed by atoms with Gasteiger partial charge in [0.15, 0.2) is 0 Å². The third-order valence-corrected chi connectivity index (χ3v) is 3.54. The predicted octanol–water partition coefficient (Wildman–Crippen LogP) is 4.38. The Bertz CT molecular complexity index is 309. The number of hydrogen-bond donors (Lipinski definition) is 1. The van der Waals surface area contributed by atoms with Gasteiger partial charge in [-0.1, -0.05) is 38.8 Å². The van der Waals surface area contributed by atoms with Crippen LogP contribution in [0.1, 0.15) is 44.7 Å². The molecule has 0 saturated carbocycles. The fraction of sp³-hybridized carbons (Fsp3) is 0.571. The molecule has 1 rings (SSSR count). The molecule has 0 spiro atoms. The molecule has 0 radical (unpaired) electrons. The predicted molar refractivity (Wildman–Crippen MR) is 79.6 cm³/mol. The van der Waals surface area contributed by atoms with E-state index in [1.54, 1.807) is 0 Å². The fourth-order valence-corrected chi connectivity index (χ4v) is 2.50. The highest BCUT2D eigenvalue weighted by molar-refractivity contribution is 14.1. The minimum atomic E-state index is 0.508. The van der Waals surface area contributed by atoms with Gasteiger partial charge in [0.25, 0.3) is 0 Å². The molecular weight excluding hydrogens is 309 g/mol. The Morgan fingerprint density at radius 2 is 2.00 bits per heavy atom. The zero-order valence-corrected chi connectivity index (χ0v) is 12.6. The van der Waals surface area contributed by atoms with E-state index in [-0.39, 0.29) is 0 Å². The largest absolute Gasteiger partial charge is 0.313 e. The summed E-state index contributed by atoms with van der Waals surface area (Å²) in [5.74, 6) is 0.813. The van der Waals surface area contributed by atoms with Crippen LogP contribution in [-0.4, -0.2) is 7.05 Å². The minimum absolute atomic E-state index is 0.508. The molecule has 1 unspecified atom stereocenters. The summed E-state index contributed by atoms with van der Waals surface area (Å²) in [6.45, 7) is 4.58. The summed E-state index contributed by atoms with van der Waals surface area (Å²) in [5.41, 5.74) is 1.41. The van der Waals surface area contributed by atoms with E-state index in [0.29, 0.717) is 6.04 Å². The van der Waals surface area contributed by atoms with Crippen molar-refractivity contribution in [2.45, 2.75) is 39.2 Å². The van der Waals surface area contributed by atoms with Crippen molar-refractivity contribution >= 4 is 22.6 Å². The maximum Gasteiger partial charge on any atom is 0.0317 e. The summed E-state index contributed by atoms with van der Waals surface area (Å²) in [6.07, 6.45) is 3.85. The average Bonchev–Trinajstić information content (AvgIpc) is 2.24. The quantitative estimate of drug-likeness (QED) is 0.763. The van der Waals surface area contributed by atoms with Crippen LogP contribution in [0, 0.1) is 9.49 Å². The zero-order valence-electron chi connectivity index (χ0n) is 10.5. The van der Waals surface area contributed by atoms with Gasteiger partial charge in [0.1, 0.15) is 0 Å². The first-order valence-corrected chi connectivity index (χ1v) is 7.14. The van der Waals surface area contributed by atoms with E-state index in [0.717, 1.165) is 5.92 Å². The molecule has 0 amide bonds. The Labute approximate surface area is 113 Å². The lowest BCUT2D eigenvalue weighted by atomic mass is 9.98. The van der Waals surface area contributed by atoms with Gasteiger partial charge < -0.3 is 5.32 Å². The van der Waals surface area contributed by atoms with Crippen LogP contribution >= 0.6 is 22.6 Å². The van der Waals surface area contributed by atoms with E-state index >= 15 is 0 Å². The van der Waals surface area contributed by atoms with Crippen molar-refractivity contribution in [3.8, 4) is 0 Å². The molecule has 0 aliphatic heterocycles. The Morgan fingerprint density at radius 1 is 1.25 bits per heavy atom. The summed E-state index contributed by atoms with van der Waals surface area (Å²) in [5, 5.41) is 3.42. The lowest BCUT2D eigenvalue weighted by Crippen LogP contribution is -2.16. The molecule has 0 aromatic heterocycles. The van der Waals surface area contributed by atoms with Gasteiger partial charge in [-0.3, -0.25) is 0 Å². The number of benzene rings is 1. The average molecular weight is 331 g/mol. The smallest absolute Gasteiger partial charge is 0.0317 e. The van der Waals surface area contributed by atoms with Crippen molar-refractivity contribution in [2.75, 3.05) is 7.05 Å². The molecule has 90 valence electrons. The molecule has 2 heteroatoms. The van der Waals surface area contributed by atoms with Crippen molar-refractivity contribution in [3.63, 3.8) is 0 Å². The van der Waals surface area contributed by atoms with Crippen LogP contribution in [0.3, 0.4) is 0 Å². The molecule has 1 aromatic carbocycles. The van der Waals surface area contributed by atoms with Crippen molar-refractivity contribution in [1.82, 2.24) is 5.32 Å². The lowest BCUT2D eigenvalue weighted by Gasteiger charge is -2.17. The molecule has 1 nitrogen and oxygen atoms in total. The maximum absolute atomic E-state index is 3.42. The second-order valence-corrected chi connectivity index (χ2v) is 5.97. The molecule has 0 saturated heterocycles. The van der Waals surface area contributed by atoms with Gasteiger partial charge in [-0.25, -0.2) is 0 Å².